The Kier molecular flexibility index (Phi) is 3.06. The molecule has 3 nitrogen and oxygen atoms in total. The van der Waals surface area contributed by atoms with Crippen molar-refractivity contribution in [2.24, 2.45) is 0 Å². The second-order valence-electron chi connectivity index (χ2n) is 3.13. The normalized spacial score (nSPS) is 10.5. The third-order valence-corrected chi connectivity index (χ3v) is 2.70. The minimum Gasteiger partial charge on any atom is -0.411 e. The zero-order valence-electron chi connectivity index (χ0n) is 8.73. The molecule has 0 fully saturated rings. The Morgan fingerprint density at radius 2 is 1.93 bits per heavy atom. The smallest absolute Gasteiger partial charge is 0.276 e. The first-order chi connectivity index (χ1) is 7.33. The second kappa shape index (κ2) is 4.49. The van der Waals surface area contributed by atoms with Crippen LogP contribution in [0.5, 0.6) is 0 Å². The van der Waals surface area contributed by atoms with Gasteiger partial charge in [-0.15, -0.1) is 10.2 Å². The maximum Gasteiger partial charge on any atom is 0.276 e. The van der Waals surface area contributed by atoms with Gasteiger partial charge in [-0.2, -0.15) is 0 Å². The van der Waals surface area contributed by atoms with E-state index < -0.39 is 0 Å². The Balaban J connectivity index is 2.28. The highest BCUT2D eigenvalue weighted by Crippen LogP contribution is 2.21. The lowest BCUT2D eigenvalue weighted by Crippen LogP contribution is -1.81. The van der Waals surface area contributed by atoms with Gasteiger partial charge < -0.3 is 4.42 Å². The second-order valence-corrected chi connectivity index (χ2v) is 3.89. The SMILES string of the molecule is CCc1ccc(-c2nnc(SC)o2)cc1. The van der Waals surface area contributed by atoms with Gasteiger partial charge >= 0.3 is 0 Å². The van der Waals surface area contributed by atoms with E-state index in [-0.39, 0.29) is 0 Å². The number of benzene rings is 1. The van der Waals surface area contributed by atoms with Crippen molar-refractivity contribution in [3.63, 3.8) is 0 Å². The summed E-state index contributed by atoms with van der Waals surface area (Å²) in [5.74, 6) is 0.585. The molecule has 0 atom stereocenters. The predicted octanol–water partition coefficient (Wildman–Crippen LogP) is 3.02. The molecule has 15 heavy (non-hydrogen) atoms. The molecule has 4 heteroatoms. The van der Waals surface area contributed by atoms with E-state index in [0.717, 1.165) is 12.0 Å². The first-order valence-corrected chi connectivity index (χ1v) is 6.02. The zero-order chi connectivity index (χ0) is 10.7. The van der Waals surface area contributed by atoms with E-state index >= 15 is 0 Å². The molecule has 0 amide bonds. The van der Waals surface area contributed by atoms with Crippen LogP contribution < -0.4 is 0 Å². The Morgan fingerprint density at radius 1 is 1.20 bits per heavy atom. The number of hydrogen-bond acceptors (Lipinski definition) is 4. The molecule has 1 aromatic heterocycles. The first-order valence-electron chi connectivity index (χ1n) is 4.80. The highest BCUT2D eigenvalue weighted by atomic mass is 32.2. The van der Waals surface area contributed by atoms with Crippen LogP contribution in [0.25, 0.3) is 11.5 Å². The van der Waals surface area contributed by atoms with Gasteiger partial charge in [0.1, 0.15) is 0 Å². The van der Waals surface area contributed by atoms with E-state index in [1.54, 1.807) is 0 Å². The van der Waals surface area contributed by atoms with E-state index in [4.69, 9.17) is 4.42 Å². The lowest BCUT2D eigenvalue weighted by molar-refractivity contribution is 0.466. The van der Waals surface area contributed by atoms with Crippen LogP contribution in [0.15, 0.2) is 33.9 Å². The van der Waals surface area contributed by atoms with Crippen LogP contribution in [0, 0.1) is 0 Å². The fourth-order valence-corrected chi connectivity index (χ4v) is 1.58. The number of hydrogen-bond donors (Lipinski definition) is 0. The molecule has 2 rings (SSSR count). The summed E-state index contributed by atoms with van der Waals surface area (Å²) < 4.78 is 5.43. The Hall–Kier alpha value is -1.29. The molecule has 0 bridgehead atoms. The molecule has 0 radical (unpaired) electrons. The minimum absolute atomic E-state index is 0.585. The third kappa shape index (κ3) is 2.21. The van der Waals surface area contributed by atoms with E-state index in [1.807, 2.05) is 18.4 Å². The number of aromatic nitrogens is 2. The summed E-state index contributed by atoms with van der Waals surface area (Å²) in [5, 5.41) is 8.48. The fraction of sp³-hybridized carbons (Fsp3) is 0.273. The quantitative estimate of drug-likeness (QED) is 0.745. The van der Waals surface area contributed by atoms with E-state index in [9.17, 15) is 0 Å². The van der Waals surface area contributed by atoms with Gasteiger partial charge in [0, 0.05) is 5.56 Å². The maximum atomic E-state index is 5.43. The maximum absolute atomic E-state index is 5.43. The molecule has 0 aliphatic rings. The number of aryl methyl sites for hydroxylation is 1. The van der Waals surface area contributed by atoms with Gasteiger partial charge in [-0.3, -0.25) is 0 Å². The van der Waals surface area contributed by atoms with Gasteiger partial charge in [0.15, 0.2) is 0 Å². The summed E-state index contributed by atoms with van der Waals surface area (Å²) in [6, 6.07) is 8.18. The molecule has 0 saturated carbocycles. The van der Waals surface area contributed by atoms with Crippen molar-refractivity contribution in [3.8, 4) is 11.5 Å². The summed E-state index contributed by atoms with van der Waals surface area (Å²) in [6.07, 6.45) is 2.96. The van der Waals surface area contributed by atoms with Crippen molar-refractivity contribution in [1.29, 1.82) is 0 Å². The molecule has 0 saturated heterocycles. The molecule has 1 heterocycles. The average molecular weight is 220 g/mol. The van der Waals surface area contributed by atoms with Crippen LogP contribution in [-0.4, -0.2) is 16.5 Å². The summed E-state index contributed by atoms with van der Waals surface area (Å²) in [5.41, 5.74) is 2.28. The van der Waals surface area contributed by atoms with Crippen molar-refractivity contribution < 1.29 is 4.42 Å². The third-order valence-electron chi connectivity index (χ3n) is 2.19. The van der Waals surface area contributed by atoms with Gasteiger partial charge in [0.05, 0.1) is 0 Å². The van der Waals surface area contributed by atoms with Crippen molar-refractivity contribution in [3.05, 3.63) is 29.8 Å². The van der Waals surface area contributed by atoms with Crippen molar-refractivity contribution >= 4 is 11.8 Å². The standard InChI is InChI=1S/C11H12N2OS/c1-3-8-4-6-9(7-5-8)10-12-13-11(14-10)15-2/h4-7H,3H2,1-2H3. The van der Waals surface area contributed by atoms with Crippen molar-refractivity contribution in [2.75, 3.05) is 6.26 Å². The van der Waals surface area contributed by atoms with Crippen LogP contribution >= 0.6 is 11.8 Å². The fourth-order valence-electron chi connectivity index (χ4n) is 1.29. The monoisotopic (exact) mass is 220 g/mol. The van der Waals surface area contributed by atoms with E-state index in [2.05, 4.69) is 29.3 Å². The van der Waals surface area contributed by atoms with Gasteiger partial charge in [-0.25, -0.2) is 0 Å². The van der Waals surface area contributed by atoms with Crippen molar-refractivity contribution in [1.82, 2.24) is 10.2 Å². The molecule has 0 aliphatic heterocycles. The van der Waals surface area contributed by atoms with Gasteiger partial charge in [-0.05, 0) is 30.4 Å². The van der Waals surface area contributed by atoms with Crippen LogP contribution in [0.4, 0.5) is 0 Å². The first kappa shape index (κ1) is 10.2. The van der Waals surface area contributed by atoms with Crippen LogP contribution in [-0.2, 0) is 6.42 Å². The molecule has 0 unspecified atom stereocenters. The molecule has 0 N–H and O–H groups in total. The molecule has 78 valence electrons. The van der Waals surface area contributed by atoms with E-state index in [0.29, 0.717) is 11.1 Å². The predicted molar refractivity (Wildman–Crippen MR) is 60.9 cm³/mol. The molecular weight excluding hydrogens is 208 g/mol. The largest absolute Gasteiger partial charge is 0.411 e. The van der Waals surface area contributed by atoms with Crippen LogP contribution in [0.1, 0.15) is 12.5 Å². The lowest BCUT2D eigenvalue weighted by atomic mass is 10.1. The van der Waals surface area contributed by atoms with E-state index in [1.165, 1.54) is 17.3 Å². The van der Waals surface area contributed by atoms with Crippen LogP contribution in [0.2, 0.25) is 0 Å². The Bertz CT molecular complexity index is 436. The number of rotatable bonds is 3. The molecule has 2 aromatic rings. The Morgan fingerprint density at radius 3 is 2.47 bits per heavy atom. The van der Waals surface area contributed by atoms with Gasteiger partial charge in [0.25, 0.3) is 5.22 Å². The molecule has 1 aromatic carbocycles. The van der Waals surface area contributed by atoms with Gasteiger partial charge in [0.2, 0.25) is 5.89 Å². The lowest BCUT2D eigenvalue weighted by Gasteiger charge is -1.97. The summed E-state index contributed by atoms with van der Waals surface area (Å²) in [6.45, 7) is 2.13. The highest BCUT2D eigenvalue weighted by molar-refractivity contribution is 7.98. The Labute approximate surface area is 92.9 Å². The van der Waals surface area contributed by atoms with Crippen molar-refractivity contribution in [2.45, 2.75) is 18.6 Å². The number of nitrogens with zero attached hydrogens (tertiary/aromatic N) is 2. The summed E-state index contributed by atoms with van der Waals surface area (Å²) >= 11 is 1.45. The highest BCUT2D eigenvalue weighted by Gasteiger charge is 2.06. The minimum atomic E-state index is 0.585. The molecular formula is C11H12N2OS. The number of thioether (sulfide) groups is 1. The summed E-state index contributed by atoms with van der Waals surface area (Å²) in [7, 11) is 0. The summed E-state index contributed by atoms with van der Waals surface area (Å²) in [4.78, 5) is 0. The zero-order valence-corrected chi connectivity index (χ0v) is 9.54. The molecule has 0 aliphatic carbocycles. The topological polar surface area (TPSA) is 38.9 Å². The van der Waals surface area contributed by atoms with Gasteiger partial charge in [-0.1, -0.05) is 30.8 Å². The van der Waals surface area contributed by atoms with Crippen LogP contribution in [0.3, 0.4) is 0 Å². The average Bonchev–Trinajstić information content (AvgIpc) is 2.78. The molecule has 0 spiro atoms.